The van der Waals surface area contributed by atoms with Crippen molar-refractivity contribution >= 4 is 11.2 Å². The van der Waals surface area contributed by atoms with E-state index in [1.165, 1.54) is 4.57 Å². The Labute approximate surface area is 194 Å². The number of hydrogen-bond acceptors (Lipinski definition) is 5. The van der Waals surface area contributed by atoms with Gasteiger partial charge in [-0.2, -0.15) is 5.10 Å². The van der Waals surface area contributed by atoms with Gasteiger partial charge in [0.15, 0.2) is 11.5 Å². The number of nitrogens with one attached hydrogen (secondary N) is 1. The molecule has 1 aromatic carbocycles. The van der Waals surface area contributed by atoms with Gasteiger partial charge in [-0.15, -0.1) is 0 Å². The van der Waals surface area contributed by atoms with Crippen LogP contribution >= 0.6 is 0 Å². The largest absolute Gasteiger partial charge is 0.333 e. The van der Waals surface area contributed by atoms with Crippen molar-refractivity contribution in [3.63, 3.8) is 0 Å². The lowest BCUT2D eigenvalue weighted by molar-refractivity contribution is 0.571. The summed E-state index contributed by atoms with van der Waals surface area (Å²) < 4.78 is 4.70. The fraction of sp³-hybridized carbons (Fsp3) is 0.240. The molecule has 0 aliphatic heterocycles. The minimum Gasteiger partial charge on any atom is -0.332 e. The fourth-order valence-electron chi connectivity index (χ4n) is 4.24. The predicted molar refractivity (Wildman–Crippen MR) is 129 cm³/mol. The van der Waals surface area contributed by atoms with Crippen LogP contribution in [0, 0.1) is 0 Å². The van der Waals surface area contributed by atoms with Gasteiger partial charge in [0.1, 0.15) is 11.3 Å². The number of aromatic nitrogens is 7. The fourth-order valence-corrected chi connectivity index (χ4v) is 4.24. The third-order valence-corrected chi connectivity index (χ3v) is 6.12. The SMILES string of the molecule is CCCn1c(=O)n(C2CC2)c(=O)c2[nH]c(-c3ccc(-n4cc(-c5ccccc5)cn4)nc3)nc21. The highest BCUT2D eigenvalue weighted by Gasteiger charge is 2.29. The number of aromatic amines is 1. The molecule has 170 valence electrons. The topological polar surface area (TPSA) is 103 Å². The summed E-state index contributed by atoms with van der Waals surface area (Å²) in [6.07, 6.45) is 7.92. The number of imidazole rings is 1. The van der Waals surface area contributed by atoms with Crippen LogP contribution in [0.1, 0.15) is 32.2 Å². The van der Waals surface area contributed by atoms with Crippen LogP contribution in [0.15, 0.2) is 70.6 Å². The van der Waals surface area contributed by atoms with E-state index < -0.39 is 0 Å². The van der Waals surface area contributed by atoms with Crippen LogP contribution in [0.3, 0.4) is 0 Å². The number of benzene rings is 1. The van der Waals surface area contributed by atoms with Crippen molar-refractivity contribution in [3.8, 4) is 28.3 Å². The first kappa shape index (κ1) is 20.3. The maximum atomic E-state index is 13.0. The van der Waals surface area contributed by atoms with Gasteiger partial charge >= 0.3 is 5.69 Å². The maximum absolute atomic E-state index is 13.0. The monoisotopic (exact) mass is 453 g/mol. The number of H-pyrrole nitrogens is 1. The van der Waals surface area contributed by atoms with Gasteiger partial charge in [-0.3, -0.25) is 13.9 Å². The van der Waals surface area contributed by atoms with Crippen molar-refractivity contribution in [1.29, 1.82) is 0 Å². The molecule has 1 N–H and O–H groups in total. The van der Waals surface area contributed by atoms with E-state index in [4.69, 9.17) is 0 Å². The second-order valence-electron chi connectivity index (χ2n) is 8.57. The second kappa shape index (κ2) is 7.95. The Kier molecular flexibility index (Phi) is 4.75. The van der Waals surface area contributed by atoms with Crippen LogP contribution in [0.2, 0.25) is 0 Å². The Morgan fingerprint density at radius 1 is 1.00 bits per heavy atom. The van der Waals surface area contributed by atoms with E-state index in [1.54, 1.807) is 15.4 Å². The summed E-state index contributed by atoms with van der Waals surface area (Å²) >= 11 is 0. The first-order chi connectivity index (χ1) is 16.6. The zero-order valence-electron chi connectivity index (χ0n) is 18.7. The predicted octanol–water partition coefficient (Wildman–Crippen LogP) is 3.55. The van der Waals surface area contributed by atoms with Crippen LogP contribution in [0.5, 0.6) is 0 Å². The van der Waals surface area contributed by atoms with Crippen LogP contribution < -0.4 is 11.2 Å². The van der Waals surface area contributed by atoms with Gasteiger partial charge in [-0.1, -0.05) is 37.3 Å². The first-order valence-electron chi connectivity index (χ1n) is 11.5. The van der Waals surface area contributed by atoms with E-state index in [9.17, 15) is 9.59 Å². The van der Waals surface area contributed by atoms with E-state index in [0.717, 1.165) is 36.0 Å². The standard InChI is InChI=1S/C25H23N7O2/c1-2-12-30-23-21(24(33)32(25(30)34)19-9-10-19)28-22(29-23)17-8-11-20(26-13-17)31-15-18(14-27-31)16-6-4-3-5-7-16/h3-8,11,13-15,19H,2,9-10,12H2,1H3,(H,28,29). The maximum Gasteiger partial charge on any atom is 0.333 e. The van der Waals surface area contributed by atoms with Gasteiger partial charge in [-0.25, -0.2) is 19.4 Å². The molecule has 0 spiro atoms. The van der Waals surface area contributed by atoms with Crippen molar-refractivity contribution < 1.29 is 0 Å². The molecule has 9 nitrogen and oxygen atoms in total. The number of hydrogen-bond donors (Lipinski definition) is 1. The highest BCUT2D eigenvalue weighted by Crippen LogP contribution is 2.32. The molecule has 1 fully saturated rings. The summed E-state index contributed by atoms with van der Waals surface area (Å²) in [4.78, 5) is 38.3. The molecular weight excluding hydrogens is 430 g/mol. The van der Waals surface area contributed by atoms with Gasteiger partial charge in [0.2, 0.25) is 0 Å². The summed E-state index contributed by atoms with van der Waals surface area (Å²) in [5.74, 6) is 1.18. The molecule has 34 heavy (non-hydrogen) atoms. The van der Waals surface area contributed by atoms with Gasteiger partial charge in [-0.05, 0) is 37.0 Å². The van der Waals surface area contributed by atoms with E-state index in [-0.39, 0.29) is 17.3 Å². The molecule has 0 atom stereocenters. The number of rotatable bonds is 6. The van der Waals surface area contributed by atoms with Crippen molar-refractivity contribution in [2.45, 2.75) is 38.8 Å². The molecule has 0 bridgehead atoms. The van der Waals surface area contributed by atoms with Crippen molar-refractivity contribution in [1.82, 2.24) is 33.9 Å². The van der Waals surface area contributed by atoms with Crippen molar-refractivity contribution in [2.24, 2.45) is 0 Å². The average Bonchev–Trinajstić information content (AvgIpc) is 3.40. The highest BCUT2D eigenvalue weighted by atomic mass is 16.2. The number of pyridine rings is 1. The van der Waals surface area contributed by atoms with Crippen LogP contribution in [-0.4, -0.2) is 33.9 Å². The Morgan fingerprint density at radius 2 is 1.82 bits per heavy atom. The Morgan fingerprint density at radius 3 is 2.53 bits per heavy atom. The van der Waals surface area contributed by atoms with Crippen molar-refractivity contribution in [3.05, 3.63) is 81.9 Å². The smallest absolute Gasteiger partial charge is 0.332 e. The van der Waals surface area contributed by atoms with E-state index in [0.29, 0.717) is 29.4 Å². The number of aryl methyl sites for hydroxylation is 1. The van der Waals surface area contributed by atoms with E-state index in [1.807, 2.05) is 61.8 Å². The molecule has 0 saturated heterocycles. The lowest BCUT2D eigenvalue weighted by atomic mass is 10.1. The molecule has 1 saturated carbocycles. The Bertz CT molecular complexity index is 1600. The molecule has 0 unspecified atom stereocenters. The molecule has 4 aromatic heterocycles. The van der Waals surface area contributed by atoms with Crippen LogP contribution in [-0.2, 0) is 6.54 Å². The van der Waals surface area contributed by atoms with Gasteiger partial charge in [0, 0.05) is 36.1 Å². The first-order valence-corrected chi connectivity index (χ1v) is 11.5. The normalized spacial score (nSPS) is 13.6. The lowest BCUT2D eigenvalue weighted by Crippen LogP contribution is -2.39. The van der Waals surface area contributed by atoms with Crippen LogP contribution in [0.25, 0.3) is 39.5 Å². The number of nitrogens with zero attached hydrogens (tertiary/aromatic N) is 6. The number of fused-ring (bicyclic) bond motifs is 1. The molecule has 9 heteroatoms. The van der Waals surface area contributed by atoms with Gasteiger partial charge in [0.25, 0.3) is 5.56 Å². The van der Waals surface area contributed by atoms with E-state index >= 15 is 0 Å². The molecule has 5 aromatic rings. The molecule has 1 aliphatic rings. The molecule has 1 aliphatic carbocycles. The lowest BCUT2D eigenvalue weighted by Gasteiger charge is -2.09. The minimum atomic E-state index is -0.303. The third-order valence-electron chi connectivity index (χ3n) is 6.12. The summed E-state index contributed by atoms with van der Waals surface area (Å²) in [6.45, 7) is 2.51. The molecule has 0 radical (unpaired) electrons. The van der Waals surface area contributed by atoms with Gasteiger partial charge in [0.05, 0.1) is 6.20 Å². The quantitative estimate of drug-likeness (QED) is 0.424. The summed E-state index contributed by atoms with van der Waals surface area (Å²) in [7, 11) is 0. The molecule has 0 amide bonds. The average molecular weight is 454 g/mol. The molecular formula is C25H23N7O2. The molecule has 6 rings (SSSR count). The zero-order valence-corrected chi connectivity index (χ0v) is 18.7. The van der Waals surface area contributed by atoms with Gasteiger partial charge < -0.3 is 4.98 Å². The summed E-state index contributed by atoms with van der Waals surface area (Å²) in [5.41, 5.74) is 2.99. The summed E-state index contributed by atoms with van der Waals surface area (Å²) in [6, 6.07) is 13.8. The van der Waals surface area contributed by atoms with E-state index in [2.05, 4.69) is 20.1 Å². The van der Waals surface area contributed by atoms with Crippen molar-refractivity contribution in [2.75, 3.05) is 0 Å². The molecule has 4 heterocycles. The minimum absolute atomic E-state index is 0.00458. The third kappa shape index (κ3) is 3.37. The Balaban J connectivity index is 1.37. The van der Waals surface area contributed by atoms with Crippen LogP contribution in [0.4, 0.5) is 0 Å². The Hall–Kier alpha value is -4.27. The zero-order chi connectivity index (χ0) is 23.2. The second-order valence-corrected chi connectivity index (χ2v) is 8.57. The highest BCUT2D eigenvalue weighted by molar-refractivity contribution is 5.75. The summed E-state index contributed by atoms with van der Waals surface area (Å²) in [5, 5.41) is 4.43.